The molecule has 4 nitrogen and oxygen atoms in total. The van der Waals surface area contributed by atoms with Gasteiger partial charge in [0, 0.05) is 5.56 Å². The number of terminal acetylenes is 1. The summed E-state index contributed by atoms with van der Waals surface area (Å²) in [4.78, 5) is 11.3. The molecule has 2 N–H and O–H groups in total. The van der Waals surface area contributed by atoms with Gasteiger partial charge < -0.3 is 5.73 Å². The molecule has 1 heterocycles. The number of carbonyl (C=O) groups is 1. The Morgan fingerprint density at radius 1 is 1.47 bits per heavy atom. The molecular formula is C13H11N3O. The maximum atomic E-state index is 11.3. The third-order valence-electron chi connectivity index (χ3n) is 2.37. The van der Waals surface area contributed by atoms with Crippen LogP contribution >= 0.6 is 0 Å². The first kappa shape index (κ1) is 11.0. The lowest BCUT2D eigenvalue weighted by atomic mass is 10.2. The van der Waals surface area contributed by atoms with E-state index < -0.39 is 5.91 Å². The van der Waals surface area contributed by atoms with E-state index in [-0.39, 0.29) is 0 Å². The summed E-state index contributed by atoms with van der Waals surface area (Å²) in [5.74, 6) is 2.03. The largest absolute Gasteiger partial charge is 0.364 e. The van der Waals surface area contributed by atoms with Crippen LogP contribution in [0.1, 0.15) is 21.7 Å². The molecule has 0 spiro atoms. The second kappa shape index (κ2) is 4.14. The number of amides is 1. The van der Waals surface area contributed by atoms with Crippen LogP contribution in [-0.4, -0.2) is 15.7 Å². The van der Waals surface area contributed by atoms with Crippen molar-refractivity contribution in [2.24, 2.45) is 5.73 Å². The van der Waals surface area contributed by atoms with E-state index >= 15 is 0 Å². The van der Waals surface area contributed by atoms with Crippen molar-refractivity contribution >= 4 is 5.91 Å². The Labute approximate surface area is 99.1 Å². The van der Waals surface area contributed by atoms with E-state index in [1.54, 1.807) is 25.1 Å². The summed E-state index contributed by atoms with van der Waals surface area (Å²) in [6, 6.07) is 8.89. The minimum Gasteiger partial charge on any atom is -0.364 e. The van der Waals surface area contributed by atoms with Gasteiger partial charge in [0.1, 0.15) is 5.69 Å². The predicted molar refractivity (Wildman–Crippen MR) is 64.8 cm³/mol. The summed E-state index contributed by atoms with van der Waals surface area (Å²) in [6.07, 6.45) is 5.41. The first-order valence-electron chi connectivity index (χ1n) is 5.06. The maximum absolute atomic E-state index is 11.3. The van der Waals surface area contributed by atoms with E-state index in [0.717, 1.165) is 0 Å². The van der Waals surface area contributed by atoms with Crippen LogP contribution < -0.4 is 5.73 Å². The molecule has 0 saturated heterocycles. The van der Waals surface area contributed by atoms with Gasteiger partial charge in [0.2, 0.25) is 0 Å². The minimum atomic E-state index is -0.530. The molecule has 0 aliphatic rings. The minimum absolute atomic E-state index is 0.324. The third kappa shape index (κ3) is 1.91. The second-order valence-electron chi connectivity index (χ2n) is 3.61. The molecule has 4 heteroatoms. The van der Waals surface area contributed by atoms with Crippen LogP contribution in [0.5, 0.6) is 0 Å². The van der Waals surface area contributed by atoms with Crippen LogP contribution in [0.3, 0.4) is 0 Å². The van der Waals surface area contributed by atoms with Crippen LogP contribution in [-0.2, 0) is 0 Å². The average Bonchev–Trinajstić information content (AvgIpc) is 2.71. The molecular weight excluding hydrogens is 214 g/mol. The number of hydrogen-bond acceptors (Lipinski definition) is 2. The average molecular weight is 225 g/mol. The number of nitrogens with two attached hydrogens (primary N) is 1. The molecule has 17 heavy (non-hydrogen) atoms. The number of para-hydroxylation sites is 1. The summed E-state index contributed by atoms with van der Waals surface area (Å²) < 4.78 is 1.48. The lowest BCUT2D eigenvalue weighted by molar-refractivity contribution is 0.0993. The molecule has 1 aromatic heterocycles. The fourth-order valence-electron chi connectivity index (χ4n) is 1.64. The quantitative estimate of drug-likeness (QED) is 0.782. The van der Waals surface area contributed by atoms with Crippen LogP contribution in [0.15, 0.2) is 30.3 Å². The Hall–Kier alpha value is -2.54. The van der Waals surface area contributed by atoms with E-state index in [1.165, 1.54) is 4.68 Å². The summed E-state index contributed by atoms with van der Waals surface area (Å²) in [5, 5.41) is 4.23. The summed E-state index contributed by atoms with van der Waals surface area (Å²) in [7, 11) is 0. The fourth-order valence-corrected chi connectivity index (χ4v) is 1.64. The van der Waals surface area contributed by atoms with Crippen LogP contribution in [0.4, 0.5) is 0 Å². The highest BCUT2D eigenvalue weighted by molar-refractivity contribution is 5.91. The number of carbonyl (C=O) groups excluding carboxylic acids is 1. The van der Waals surface area contributed by atoms with Crippen molar-refractivity contribution in [2.75, 3.05) is 0 Å². The normalized spacial score (nSPS) is 9.88. The zero-order valence-electron chi connectivity index (χ0n) is 9.34. The van der Waals surface area contributed by atoms with E-state index in [4.69, 9.17) is 12.2 Å². The zero-order chi connectivity index (χ0) is 12.4. The van der Waals surface area contributed by atoms with E-state index in [1.807, 2.05) is 12.1 Å². The number of benzene rings is 1. The predicted octanol–water partition coefficient (Wildman–Crippen LogP) is 1.26. The van der Waals surface area contributed by atoms with Gasteiger partial charge >= 0.3 is 0 Å². The number of aryl methyl sites for hydroxylation is 1. The van der Waals surface area contributed by atoms with Crippen molar-refractivity contribution in [3.05, 3.63) is 47.3 Å². The molecule has 0 aliphatic carbocycles. The monoisotopic (exact) mass is 225 g/mol. The molecule has 2 aromatic rings. The van der Waals surface area contributed by atoms with Crippen molar-refractivity contribution in [1.82, 2.24) is 9.78 Å². The number of hydrogen-bond donors (Lipinski definition) is 1. The fraction of sp³-hybridized carbons (Fsp3) is 0.0769. The van der Waals surface area contributed by atoms with Crippen LogP contribution in [0.2, 0.25) is 0 Å². The highest BCUT2D eigenvalue weighted by Gasteiger charge is 2.13. The Morgan fingerprint density at radius 3 is 2.82 bits per heavy atom. The van der Waals surface area contributed by atoms with Crippen molar-refractivity contribution in [3.63, 3.8) is 0 Å². The van der Waals surface area contributed by atoms with Crippen molar-refractivity contribution in [1.29, 1.82) is 0 Å². The molecule has 2 rings (SSSR count). The standard InChI is InChI=1S/C13H11N3O/c1-3-10-6-4-5-7-11(10)16-12(13(14)17)8-9(2)15-16/h1,4-8H,2H3,(H2,14,17). The van der Waals surface area contributed by atoms with Gasteiger partial charge in [0.15, 0.2) is 0 Å². The molecule has 0 saturated carbocycles. The first-order valence-corrected chi connectivity index (χ1v) is 5.06. The van der Waals surface area contributed by atoms with Gasteiger partial charge in [0.05, 0.1) is 11.4 Å². The molecule has 0 aliphatic heterocycles. The van der Waals surface area contributed by atoms with Gasteiger partial charge in [-0.25, -0.2) is 4.68 Å². The maximum Gasteiger partial charge on any atom is 0.267 e. The topological polar surface area (TPSA) is 60.9 Å². The highest BCUT2D eigenvalue weighted by Crippen LogP contribution is 2.16. The summed E-state index contributed by atoms with van der Waals surface area (Å²) in [6.45, 7) is 1.79. The van der Waals surface area contributed by atoms with E-state index in [2.05, 4.69) is 11.0 Å². The van der Waals surface area contributed by atoms with Crippen LogP contribution in [0.25, 0.3) is 5.69 Å². The van der Waals surface area contributed by atoms with E-state index in [9.17, 15) is 4.79 Å². The molecule has 1 amide bonds. The van der Waals surface area contributed by atoms with Gasteiger partial charge in [-0.3, -0.25) is 4.79 Å². The molecule has 0 atom stereocenters. The lowest BCUT2D eigenvalue weighted by Crippen LogP contribution is -2.17. The smallest absolute Gasteiger partial charge is 0.267 e. The summed E-state index contributed by atoms with van der Waals surface area (Å²) >= 11 is 0. The van der Waals surface area contributed by atoms with Gasteiger partial charge in [-0.2, -0.15) is 5.10 Å². The lowest BCUT2D eigenvalue weighted by Gasteiger charge is -2.07. The highest BCUT2D eigenvalue weighted by atomic mass is 16.1. The first-order chi connectivity index (χ1) is 8.13. The second-order valence-corrected chi connectivity index (χ2v) is 3.61. The number of rotatable bonds is 2. The number of nitrogens with zero attached hydrogens (tertiary/aromatic N) is 2. The van der Waals surface area contributed by atoms with Crippen LogP contribution in [0, 0.1) is 19.3 Å². The van der Waals surface area contributed by atoms with Gasteiger partial charge in [-0.1, -0.05) is 18.1 Å². The zero-order valence-corrected chi connectivity index (χ0v) is 9.34. The Kier molecular flexibility index (Phi) is 2.67. The third-order valence-corrected chi connectivity index (χ3v) is 2.37. The molecule has 0 radical (unpaired) electrons. The van der Waals surface area contributed by atoms with Crippen molar-refractivity contribution in [3.8, 4) is 18.0 Å². The van der Waals surface area contributed by atoms with Crippen molar-refractivity contribution < 1.29 is 4.79 Å². The molecule has 84 valence electrons. The van der Waals surface area contributed by atoms with Gasteiger partial charge in [-0.15, -0.1) is 6.42 Å². The molecule has 0 bridgehead atoms. The molecule has 0 fully saturated rings. The number of primary amides is 1. The Morgan fingerprint density at radius 2 is 2.18 bits per heavy atom. The Bertz CT molecular complexity index is 620. The van der Waals surface area contributed by atoms with Gasteiger partial charge in [-0.05, 0) is 25.1 Å². The molecule has 1 aromatic carbocycles. The van der Waals surface area contributed by atoms with Crippen molar-refractivity contribution in [2.45, 2.75) is 6.92 Å². The summed E-state index contributed by atoms with van der Waals surface area (Å²) in [5.41, 5.74) is 7.69. The SMILES string of the molecule is C#Cc1ccccc1-n1nc(C)cc1C(N)=O. The van der Waals surface area contributed by atoms with Gasteiger partial charge in [0.25, 0.3) is 5.91 Å². The Balaban J connectivity index is 2.69. The molecule has 0 unspecified atom stereocenters. The number of aromatic nitrogens is 2. The van der Waals surface area contributed by atoms with E-state index in [0.29, 0.717) is 22.6 Å².